The number of carbonyl (C=O) groups excluding carboxylic acids is 3. The second kappa shape index (κ2) is 11.3. The van der Waals surface area contributed by atoms with Crippen molar-refractivity contribution in [2.24, 2.45) is 5.92 Å². The number of rotatable bonds is 8. The van der Waals surface area contributed by atoms with Gasteiger partial charge in [-0.1, -0.05) is 26.0 Å². The van der Waals surface area contributed by atoms with Crippen LogP contribution in [0, 0.1) is 5.92 Å². The van der Waals surface area contributed by atoms with E-state index in [4.69, 9.17) is 9.72 Å². The molecule has 0 radical (unpaired) electrons. The van der Waals surface area contributed by atoms with Crippen LogP contribution in [-0.2, 0) is 14.3 Å². The molecule has 0 aliphatic carbocycles. The Morgan fingerprint density at radius 1 is 1.17 bits per heavy atom. The highest BCUT2D eigenvalue weighted by Crippen LogP contribution is 2.28. The summed E-state index contributed by atoms with van der Waals surface area (Å²) in [6, 6.07) is 5.87. The maximum atomic E-state index is 12.9. The average molecular weight is 500 g/mol. The van der Waals surface area contributed by atoms with Crippen molar-refractivity contribution in [2.75, 3.05) is 51.3 Å². The maximum Gasteiger partial charge on any atom is 0.251 e. The topological polar surface area (TPSA) is 104 Å². The molecule has 2 amide bonds. The van der Waals surface area contributed by atoms with Crippen LogP contribution in [0.4, 0.5) is 5.13 Å². The summed E-state index contributed by atoms with van der Waals surface area (Å²) in [5.41, 5.74) is 2.29. The number of benzene rings is 1. The number of anilines is 1. The van der Waals surface area contributed by atoms with Gasteiger partial charge in [-0.2, -0.15) is 0 Å². The van der Waals surface area contributed by atoms with Gasteiger partial charge in [0.1, 0.15) is 18.7 Å². The van der Waals surface area contributed by atoms with E-state index in [2.05, 4.69) is 27.5 Å². The molecule has 2 aromatic rings. The molecular formula is C25H33N5O4S. The summed E-state index contributed by atoms with van der Waals surface area (Å²) < 4.78 is 5.11. The highest BCUT2D eigenvalue weighted by atomic mass is 32.1. The lowest BCUT2D eigenvalue weighted by Crippen LogP contribution is -2.52. The largest absolute Gasteiger partial charge is 0.371 e. The Hall–Kier alpha value is -2.82. The van der Waals surface area contributed by atoms with E-state index in [0.717, 1.165) is 42.6 Å². The van der Waals surface area contributed by atoms with Gasteiger partial charge < -0.3 is 25.2 Å². The number of aromatic nitrogens is 1. The first-order valence-corrected chi connectivity index (χ1v) is 12.9. The fraction of sp³-hybridized carbons (Fsp3) is 0.520. The standard InChI is InChI=1S/C25H33N5O4S/c1-16(2)12-19(24(33)27-20-13-34-14-22(20)31)26-23(32)18-6-4-17(5-7-18)21-15-35-25(28-21)30-10-8-29(3)9-11-30/h4-7,15-16,19-20H,8-14H2,1-3H3,(H,26,32)(H,27,33)/t19-,20-/m0/s1. The third-order valence-corrected chi connectivity index (χ3v) is 7.17. The highest BCUT2D eigenvalue weighted by molar-refractivity contribution is 7.14. The zero-order valence-electron chi connectivity index (χ0n) is 20.5. The molecule has 2 aliphatic rings. The molecule has 188 valence electrons. The van der Waals surface area contributed by atoms with Gasteiger partial charge in [0.15, 0.2) is 10.9 Å². The van der Waals surface area contributed by atoms with Crippen LogP contribution in [0.15, 0.2) is 29.6 Å². The molecular weight excluding hydrogens is 466 g/mol. The Morgan fingerprint density at radius 2 is 1.89 bits per heavy atom. The normalized spacial score (nSPS) is 19.7. The monoisotopic (exact) mass is 499 g/mol. The molecule has 0 saturated carbocycles. The summed E-state index contributed by atoms with van der Waals surface area (Å²) in [5, 5.41) is 8.61. The van der Waals surface area contributed by atoms with E-state index < -0.39 is 12.1 Å². The van der Waals surface area contributed by atoms with E-state index in [0.29, 0.717) is 12.0 Å². The van der Waals surface area contributed by atoms with Gasteiger partial charge >= 0.3 is 0 Å². The summed E-state index contributed by atoms with van der Waals surface area (Å²) in [5.74, 6) is -0.668. The van der Waals surface area contributed by atoms with E-state index in [1.54, 1.807) is 23.5 Å². The number of thiazole rings is 1. The summed E-state index contributed by atoms with van der Waals surface area (Å²) >= 11 is 1.63. The molecule has 2 fully saturated rings. The van der Waals surface area contributed by atoms with E-state index in [9.17, 15) is 14.4 Å². The van der Waals surface area contributed by atoms with Crippen molar-refractivity contribution in [1.82, 2.24) is 20.5 Å². The van der Waals surface area contributed by atoms with Gasteiger partial charge in [-0.15, -0.1) is 11.3 Å². The minimum atomic E-state index is -0.736. The first-order valence-electron chi connectivity index (χ1n) is 12.0. The number of piperazine rings is 1. The number of likely N-dealkylation sites (N-methyl/N-ethyl adjacent to an activating group) is 1. The number of amides is 2. The first kappa shape index (κ1) is 25.3. The number of nitrogens with zero attached hydrogens (tertiary/aromatic N) is 3. The van der Waals surface area contributed by atoms with E-state index >= 15 is 0 Å². The average Bonchev–Trinajstić information content (AvgIpc) is 3.48. The van der Waals surface area contributed by atoms with Gasteiger partial charge in [-0.3, -0.25) is 14.4 Å². The summed E-state index contributed by atoms with van der Waals surface area (Å²) in [6.45, 7) is 8.13. The second-order valence-corrected chi connectivity index (χ2v) is 10.4. The molecule has 2 N–H and O–H groups in total. The zero-order chi connectivity index (χ0) is 24.9. The molecule has 1 aromatic heterocycles. The number of ketones is 1. The Kier molecular flexibility index (Phi) is 8.15. The lowest BCUT2D eigenvalue weighted by molar-refractivity contribution is -0.127. The molecule has 2 aliphatic heterocycles. The molecule has 0 bridgehead atoms. The van der Waals surface area contributed by atoms with Crippen molar-refractivity contribution < 1.29 is 19.1 Å². The Balaban J connectivity index is 1.39. The fourth-order valence-corrected chi connectivity index (χ4v) is 5.03. The summed E-state index contributed by atoms with van der Waals surface area (Å²) in [4.78, 5) is 46.9. The number of carbonyl (C=O) groups is 3. The van der Waals surface area contributed by atoms with Gasteiger partial charge in [-0.05, 0) is 31.5 Å². The zero-order valence-corrected chi connectivity index (χ0v) is 21.3. The van der Waals surface area contributed by atoms with Crippen LogP contribution in [0.5, 0.6) is 0 Å². The van der Waals surface area contributed by atoms with Crippen LogP contribution < -0.4 is 15.5 Å². The number of hydrogen-bond acceptors (Lipinski definition) is 8. The lowest BCUT2D eigenvalue weighted by Gasteiger charge is -2.32. The van der Waals surface area contributed by atoms with Crippen LogP contribution in [0.25, 0.3) is 11.3 Å². The van der Waals surface area contributed by atoms with Gasteiger partial charge in [0.05, 0.1) is 12.3 Å². The molecule has 9 nitrogen and oxygen atoms in total. The molecule has 0 unspecified atom stereocenters. The van der Waals surface area contributed by atoms with Crippen molar-refractivity contribution in [2.45, 2.75) is 32.4 Å². The van der Waals surface area contributed by atoms with Gasteiger partial charge in [-0.25, -0.2) is 4.98 Å². The number of hydrogen-bond donors (Lipinski definition) is 2. The molecule has 0 spiro atoms. The third-order valence-electron chi connectivity index (χ3n) is 6.27. The predicted molar refractivity (Wildman–Crippen MR) is 136 cm³/mol. The van der Waals surface area contributed by atoms with Crippen LogP contribution in [0.1, 0.15) is 30.6 Å². The molecule has 2 saturated heterocycles. The van der Waals surface area contributed by atoms with Crippen molar-refractivity contribution in [1.29, 1.82) is 0 Å². The highest BCUT2D eigenvalue weighted by Gasteiger charge is 2.30. The van der Waals surface area contributed by atoms with E-state index in [1.165, 1.54) is 0 Å². The van der Waals surface area contributed by atoms with Gasteiger partial charge in [0.2, 0.25) is 5.91 Å². The number of Topliss-reactive ketones (excluding diaryl/α,β-unsaturated/α-hetero) is 1. The number of ether oxygens (including phenoxy) is 1. The van der Waals surface area contributed by atoms with Crippen molar-refractivity contribution in [3.05, 3.63) is 35.2 Å². The molecule has 35 heavy (non-hydrogen) atoms. The first-order chi connectivity index (χ1) is 16.8. The Morgan fingerprint density at radius 3 is 2.51 bits per heavy atom. The SMILES string of the molecule is CC(C)C[C@H](NC(=O)c1ccc(-c2csc(N3CCN(C)CC3)n2)cc1)C(=O)N[C@H]1COCC1=O. The summed E-state index contributed by atoms with van der Waals surface area (Å²) in [7, 11) is 2.13. The third kappa shape index (κ3) is 6.45. The minimum absolute atomic E-state index is 0.00829. The molecule has 3 heterocycles. The van der Waals surface area contributed by atoms with Crippen LogP contribution in [0.2, 0.25) is 0 Å². The van der Waals surface area contributed by atoms with Gasteiger partial charge in [0.25, 0.3) is 5.91 Å². The fourth-order valence-electron chi connectivity index (χ4n) is 4.14. The van der Waals surface area contributed by atoms with Crippen LogP contribution >= 0.6 is 11.3 Å². The van der Waals surface area contributed by atoms with Crippen molar-refractivity contribution in [3.63, 3.8) is 0 Å². The molecule has 10 heteroatoms. The quantitative estimate of drug-likeness (QED) is 0.571. The molecule has 2 atom stereocenters. The van der Waals surface area contributed by atoms with E-state index in [1.807, 2.05) is 31.4 Å². The molecule has 1 aromatic carbocycles. The lowest BCUT2D eigenvalue weighted by atomic mass is 10.0. The Labute approximate surface area is 209 Å². The minimum Gasteiger partial charge on any atom is -0.371 e. The number of nitrogens with one attached hydrogen (secondary N) is 2. The van der Waals surface area contributed by atoms with Crippen molar-refractivity contribution in [3.8, 4) is 11.3 Å². The van der Waals surface area contributed by atoms with Crippen molar-refractivity contribution >= 4 is 34.1 Å². The Bertz CT molecular complexity index is 1050. The van der Waals surface area contributed by atoms with E-state index in [-0.39, 0.29) is 36.7 Å². The van der Waals surface area contributed by atoms with Gasteiger partial charge in [0, 0.05) is 42.7 Å². The second-order valence-electron chi connectivity index (χ2n) is 9.58. The molecule has 4 rings (SSSR count). The maximum absolute atomic E-state index is 12.9. The van der Waals surface area contributed by atoms with Crippen LogP contribution in [0.3, 0.4) is 0 Å². The summed E-state index contributed by atoms with van der Waals surface area (Å²) in [6.07, 6.45) is 0.464. The smallest absolute Gasteiger partial charge is 0.251 e. The predicted octanol–water partition coefficient (Wildman–Crippen LogP) is 1.79. The van der Waals surface area contributed by atoms with Crippen LogP contribution in [-0.4, -0.2) is 86.0 Å².